The van der Waals surface area contributed by atoms with E-state index in [0.717, 1.165) is 0 Å². The lowest BCUT2D eigenvalue weighted by molar-refractivity contribution is -0.389. The van der Waals surface area contributed by atoms with Gasteiger partial charge in [0.05, 0.1) is 4.92 Å². The lowest BCUT2D eigenvalue weighted by Crippen LogP contribution is -2.21. The number of nitrogens with zero attached hydrogens (tertiary/aromatic N) is 2. The summed E-state index contributed by atoms with van der Waals surface area (Å²) in [5.74, 6) is -1.62. The number of sulfonamides is 1. The number of halogens is 5. The summed E-state index contributed by atoms with van der Waals surface area (Å²) >= 11 is 0. The zero-order valence-electron chi connectivity index (χ0n) is 9.47. The maximum Gasteiger partial charge on any atom is 0.574 e. The standard InChI is InChI=1S/C7H4F5N3O5S/c8-6(9)4-5(15(16)17)2(21(13,18)19)1-3(14-4)20-7(10,11)12/h1,6H,(H2,13,18,19). The third-order valence-corrected chi connectivity index (χ3v) is 2.80. The van der Waals surface area contributed by atoms with Crippen LogP contribution < -0.4 is 9.88 Å². The minimum Gasteiger partial charge on any atom is -0.388 e. The van der Waals surface area contributed by atoms with E-state index in [1.807, 2.05) is 0 Å². The molecule has 0 atom stereocenters. The summed E-state index contributed by atoms with van der Waals surface area (Å²) in [4.78, 5) is 10.1. The van der Waals surface area contributed by atoms with Crippen LogP contribution in [0.4, 0.5) is 27.6 Å². The first kappa shape index (κ1) is 17.0. The zero-order valence-corrected chi connectivity index (χ0v) is 10.3. The fourth-order valence-electron chi connectivity index (χ4n) is 1.23. The van der Waals surface area contributed by atoms with E-state index in [1.54, 1.807) is 0 Å². The molecule has 0 amide bonds. The van der Waals surface area contributed by atoms with Crippen LogP contribution in [-0.4, -0.2) is 24.7 Å². The van der Waals surface area contributed by atoms with Crippen molar-refractivity contribution in [2.24, 2.45) is 5.14 Å². The molecule has 1 aromatic heterocycles. The summed E-state index contributed by atoms with van der Waals surface area (Å²) in [6.07, 6.45) is -9.11. The van der Waals surface area contributed by atoms with E-state index in [1.165, 1.54) is 0 Å². The van der Waals surface area contributed by atoms with E-state index in [0.29, 0.717) is 0 Å². The number of pyridine rings is 1. The molecular formula is C7H4F5N3O5S. The average molecular weight is 337 g/mol. The lowest BCUT2D eigenvalue weighted by Gasteiger charge is -2.11. The van der Waals surface area contributed by atoms with Crippen LogP contribution in [0, 0.1) is 10.1 Å². The van der Waals surface area contributed by atoms with Crippen LogP contribution in [0.2, 0.25) is 0 Å². The van der Waals surface area contributed by atoms with Gasteiger partial charge in [0, 0.05) is 6.07 Å². The Morgan fingerprint density at radius 3 is 2.24 bits per heavy atom. The Labute approximate surface area is 112 Å². The molecule has 0 aliphatic carbocycles. The molecule has 0 saturated heterocycles. The zero-order chi connectivity index (χ0) is 16.6. The number of aromatic nitrogens is 1. The second-order valence-electron chi connectivity index (χ2n) is 3.34. The first-order valence-electron chi connectivity index (χ1n) is 4.59. The third kappa shape index (κ3) is 4.19. The van der Waals surface area contributed by atoms with Crippen LogP contribution in [0.15, 0.2) is 11.0 Å². The Kier molecular flexibility index (Phi) is 4.33. The number of nitro groups is 1. The van der Waals surface area contributed by atoms with Crippen LogP contribution in [0.3, 0.4) is 0 Å². The highest BCUT2D eigenvalue weighted by Gasteiger charge is 2.37. The van der Waals surface area contributed by atoms with Gasteiger partial charge in [-0.05, 0) is 0 Å². The molecule has 8 nitrogen and oxygen atoms in total. The Morgan fingerprint density at radius 1 is 1.38 bits per heavy atom. The van der Waals surface area contributed by atoms with Crippen LogP contribution in [-0.2, 0) is 10.0 Å². The molecule has 0 aliphatic rings. The largest absolute Gasteiger partial charge is 0.574 e. The molecule has 0 saturated carbocycles. The van der Waals surface area contributed by atoms with E-state index >= 15 is 0 Å². The quantitative estimate of drug-likeness (QED) is 0.504. The first-order valence-corrected chi connectivity index (χ1v) is 6.13. The Bertz CT molecular complexity index is 674. The Morgan fingerprint density at radius 2 is 1.90 bits per heavy atom. The molecular weight excluding hydrogens is 333 g/mol. The molecule has 21 heavy (non-hydrogen) atoms. The molecule has 0 radical (unpaired) electrons. The maximum absolute atomic E-state index is 12.6. The summed E-state index contributed by atoms with van der Waals surface area (Å²) in [6.45, 7) is 0. The van der Waals surface area contributed by atoms with Gasteiger partial charge in [-0.3, -0.25) is 10.1 Å². The minimum atomic E-state index is -5.38. The predicted octanol–water partition coefficient (Wildman–Crippen LogP) is 1.47. The van der Waals surface area contributed by atoms with Gasteiger partial charge in [0.1, 0.15) is 0 Å². The number of primary sulfonamides is 1. The molecule has 0 unspecified atom stereocenters. The fraction of sp³-hybridized carbons (Fsp3) is 0.286. The first-order chi connectivity index (χ1) is 9.33. The molecule has 118 valence electrons. The highest BCUT2D eigenvalue weighted by atomic mass is 32.2. The molecule has 1 rings (SSSR count). The smallest absolute Gasteiger partial charge is 0.388 e. The number of ether oxygens (including phenoxy) is 1. The van der Waals surface area contributed by atoms with Crippen molar-refractivity contribution in [1.29, 1.82) is 0 Å². The second kappa shape index (κ2) is 5.36. The van der Waals surface area contributed by atoms with Crippen molar-refractivity contribution in [2.75, 3.05) is 0 Å². The van der Waals surface area contributed by atoms with E-state index in [-0.39, 0.29) is 6.07 Å². The van der Waals surface area contributed by atoms with Gasteiger partial charge < -0.3 is 4.74 Å². The molecule has 0 aliphatic heterocycles. The SMILES string of the molecule is NS(=O)(=O)c1cc(OC(F)(F)F)nc(C(F)F)c1[N+](=O)[O-]. The van der Waals surface area contributed by atoms with Crippen molar-refractivity contribution < 1.29 is 40.0 Å². The number of hydrogen-bond acceptors (Lipinski definition) is 6. The normalized spacial score (nSPS) is 12.5. The second-order valence-corrected chi connectivity index (χ2v) is 4.87. The number of nitrogens with two attached hydrogens (primary N) is 1. The van der Waals surface area contributed by atoms with Gasteiger partial charge in [0.25, 0.3) is 6.43 Å². The van der Waals surface area contributed by atoms with Crippen LogP contribution in [0.1, 0.15) is 12.1 Å². The summed E-state index contributed by atoms with van der Waals surface area (Å²) in [6, 6.07) is -0.0627. The molecule has 14 heteroatoms. The monoisotopic (exact) mass is 337 g/mol. The van der Waals surface area contributed by atoms with E-state index in [2.05, 4.69) is 14.9 Å². The molecule has 0 fully saturated rings. The van der Waals surface area contributed by atoms with Crippen molar-refractivity contribution in [1.82, 2.24) is 4.98 Å². The molecule has 1 aromatic rings. The van der Waals surface area contributed by atoms with Gasteiger partial charge >= 0.3 is 12.0 Å². The van der Waals surface area contributed by atoms with Gasteiger partial charge in [-0.15, -0.1) is 13.2 Å². The number of rotatable bonds is 4. The summed E-state index contributed by atoms with van der Waals surface area (Å²) in [7, 11) is -4.97. The molecule has 0 bridgehead atoms. The maximum atomic E-state index is 12.6. The van der Waals surface area contributed by atoms with E-state index in [9.17, 15) is 40.5 Å². The predicted molar refractivity (Wildman–Crippen MR) is 53.9 cm³/mol. The Balaban J connectivity index is 3.70. The highest BCUT2D eigenvalue weighted by molar-refractivity contribution is 7.89. The third-order valence-electron chi connectivity index (χ3n) is 1.88. The van der Waals surface area contributed by atoms with Gasteiger partial charge in [0.2, 0.25) is 15.9 Å². The van der Waals surface area contributed by atoms with Crippen molar-refractivity contribution in [3.63, 3.8) is 0 Å². The van der Waals surface area contributed by atoms with E-state index < -0.39 is 49.9 Å². The van der Waals surface area contributed by atoms with Crippen molar-refractivity contribution in [3.05, 3.63) is 21.9 Å². The Hall–Kier alpha value is -2.09. The van der Waals surface area contributed by atoms with E-state index in [4.69, 9.17) is 0 Å². The number of alkyl halides is 5. The summed E-state index contributed by atoms with van der Waals surface area (Å²) < 4.78 is 86.7. The van der Waals surface area contributed by atoms with Gasteiger partial charge in [-0.1, -0.05) is 0 Å². The summed E-state index contributed by atoms with van der Waals surface area (Å²) in [5.41, 5.74) is -3.53. The minimum absolute atomic E-state index is 0.0627. The van der Waals surface area contributed by atoms with Crippen LogP contribution in [0.5, 0.6) is 5.88 Å². The van der Waals surface area contributed by atoms with Gasteiger partial charge in [0.15, 0.2) is 10.6 Å². The van der Waals surface area contributed by atoms with Gasteiger partial charge in [-0.2, -0.15) is 0 Å². The van der Waals surface area contributed by atoms with Crippen LogP contribution in [0.25, 0.3) is 0 Å². The highest BCUT2D eigenvalue weighted by Crippen LogP contribution is 2.36. The van der Waals surface area contributed by atoms with Crippen molar-refractivity contribution in [2.45, 2.75) is 17.7 Å². The number of hydrogen-bond donors (Lipinski definition) is 1. The van der Waals surface area contributed by atoms with Crippen LogP contribution >= 0.6 is 0 Å². The fourth-order valence-corrected chi connectivity index (χ4v) is 1.95. The molecule has 2 N–H and O–H groups in total. The topological polar surface area (TPSA) is 125 Å². The lowest BCUT2D eigenvalue weighted by atomic mass is 10.3. The molecule has 1 heterocycles. The molecule has 0 spiro atoms. The van der Waals surface area contributed by atoms with Gasteiger partial charge in [-0.25, -0.2) is 27.3 Å². The van der Waals surface area contributed by atoms with Crippen molar-refractivity contribution in [3.8, 4) is 5.88 Å². The van der Waals surface area contributed by atoms with Crippen molar-refractivity contribution >= 4 is 15.7 Å². The molecule has 0 aromatic carbocycles. The summed E-state index contributed by atoms with van der Waals surface area (Å²) in [5, 5.41) is 15.2. The average Bonchev–Trinajstić information content (AvgIpc) is 2.23.